The third-order valence-electron chi connectivity index (χ3n) is 10.6. The number of hydrogen-bond acceptors (Lipinski definition) is 10. The molecule has 3 aliphatic carbocycles. The number of carbonyl (C=O) groups is 3. The minimum atomic E-state index is -2.65. The highest BCUT2D eigenvalue weighted by molar-refractivity contribution is 6.25. The molecule has 4 aliphatic rings. The van der Waals surface area contributed by atoms with Crippen LogP contribution in [0.1, 0.15) is 61.0 Å². The van der Waals surface area contributed by atoms with Gasteiger partial charge in [0.25, 0.3) is 5.91 Å². The van der Waals surface area contributed by atoms with Gasteiger partial charge in [0, 0.05) is 43.4 Å². The first-order valence-electron chi connectivity index (χ1n) is 15.0. The summed E-state index contributed by atoms with van der Waals surface area (Å²) in [5.74, 6) is -6.40. The van der Waals surface area contributed by atoms with E-state index >= 15 is 0 Å². The number of phenolic OH excluding ortho intramolecular Hbond substituents is 1. The zero-order chi connectivity index (χ0) is 31.8. The molecule has 1 fully saturated rings. The maximum Gasteiger partial charge on any atom is 0.255 e. The van der Waals surface area contributed by atoms with Gasteiger partial charge in [-0.25, -0.2) is 0 Å². The fourth-order valence-corrected chi connectivity index (χ4v) is 7.72. The quantitative estimate of drug-likeness (QED) is 0.307. The molecule has 43 heavy (non-hydrogen) atoms. The van der Waals surface area contributed by atoms with E-state index in [0.29, 0.717) is 23.1 Å². The molecular formula is C32H44N4O7. The van der Waals surface area contributed by atoms with Gasteiger partial charge in [-0.1, -0.05) is 20.3 Å². The van der Waals surface area contributed by atoms with Gasteiger partial charge in [0.2, 0.25) is 5.78 Å². The summed E-state index contributed by atoms with van der Waals surface area (Å²) in [4.78, 5) is 45.7. The van der Waals surface area contributed by atoms with Crippen molar-refractivity contribution in [3.63, 3.8) is 0 Å². The zero-order valence-electron chi connectivity index (χ0n) is 25.9. The van der Waals surface area contributed by atoms with Gasteiger partial charge in [-0.2, -0.15) is 0 Å². The van der Waals surface area contributed by atoms with Crippen LogP contribution in [0, 0.1) is 17.3 Å². The molecule has 1 aromatic rings. The van der Waals surface area contributed by atoms with Crippen LogP contribution in [0.15, 0.2) is 28.7 Å². The zero-order valence-corrected chi connectivity index (χ0v) is 25.9. The molecule has 0 bridgehead atoms. The molecule has 0 unspecified atom stereocenters. The lowest BCUT2D eigenvalue weighted by Gasteiger charge is -2.50. The third-order valence-corrected chi connectivity index (χ3v) is 10.6. The van der Waals surface area contributed by atoms with Crippen molar-refractivity contribution in [2.45, 2.75) is 64.1 Å². The van der Waals surface area contributed by atoms with Crippen molar-refractivity contribution in [2.75, 3.05) is 46.2 Å². The van der Waals surface area contributed by atoms with E-state index in [4.69, 9.17) is 5.73 Å². The van der Waals surface area contributed by atoms with E-state index in [2.05, 4.69) is 18.7 Å². The van der Waals surface area contributed by atoms with Crippen molar-refractivity contribution in [1.82, 2.24) is 9.80 Å². The number of carbonyl (C=O) groups excluding carboxylic acids is 3. The number of allylic oxidation sites excluding steroid dienone is 1. The number of primary amides is 1. The molecule has 1 aromatic carbocycles. The van der Waals surface area contributed by atoms with Gasteiger partial charge in [-0.3, -0.25) is 24.2 Å². The molecule has 0 radical (unpaired) electrons. The van der Waals surface area contributed by atoms with Gasteiger partial charge >= 0.3 is 0 Å². The summed E-state index contributed by atoms with van der Waals surface area (Å²) in [5, 5.41) is 46.0. The maximum absolute atomic E-state index is 14.2. The number of benzene rings is 1. The van der Waals surface area contributed by atoms with E-state index in [1.165, 1.54) is 0 Å². The minimum Gasteiger partial charge on any atom is -0.510 e. The molecule has 11 nitrogen and oxygen atoms in total. The number of Topliss-reactive ketones (excluding diaryl/α,β-unsaturated/α-hetero) is 2. The highest BCUT2D eigenvalue weighted by Crippen LogP contribution is 2.53. The maximum atomic E-state index is 14.2. The first-order valence-corrected chi connectivity index (χ1v) is 15.0. The van der Waals surface area contributed by atoms with Crippen LogP contribution in [0.25, 0.3) is 0 Å². The molecule has 5 rings (SSSR count). The molecule has 1 heterocycles. The fourth-order valence-electron chi connectivity index (χ4n) is 7.72. The number of amides is 1. The summed E-state index contributed by atoms with van der Waals surface area (Å²) in [6, 6.07) is 0.900. The second-order valence-electron chi connectivity index (χ2n) is 13.6. The number of aromatic hydroxyl groups is 1. The van der Waals surface area contributed by atoms with Crippen LogP contribution in [0.2, 0.25) is 0 Å². The Morgan fingerprint density at radius 1 is 1.12 bits per heavy atom. The second-order valence-corrected chi connectivity index (χ2v) is 13.6. The average Bonchev–Trinajstić information content (AvgIpc) is 2.93. The highest BCUT2D eigenvalue weighted by atomic mass is 16.3. The lowest BCUT2D eigenvalue weighted by Crippen LogP contribution is -2.63. The van der Waals surface area contributed by atoms with Crippen molar-refractivity contribution in [1.29, 1.82) is 0 Å². The Balaban J connectivity index is 1.62. The molecule has 0 saturated carbocycles. The Bertz CT molecular complexity index is 1450. The van der Waals surface area contributed by atoms with Crippen molar-refractivity contribution >= 4 is 23.2 Å². The first-order chi connectivity index (χ1) is 20.1. The predicted octanol–water partition coefficient (Wildman–Crippen LogP) is 2.20. The fraction of sp³-hybridized carbons (Fsp3) is 0.594. The van der Waals surface area contributed by atoms with Crippen molar-refractivity contribution in [3.05, 3.63) is 45.4 Å². The van der Waals surface area contributed by atoms with Gasteiger partial charge in [-0.15, -0.1) is 0 Å². The summed E-state index contributed by atoms with van der Waals surface area (Å²) in [7, 11) is 6.96. The highest BCUT2D eigenvalue weighted by Gasteiger charge is 2.63. The average molecular weight is 597 g/mol. The summed E-state index contributed by atoms with van der Waals surface area (Å²) < 4.78 is 0. The lowest BCUT2D eigenvalue weighted by atomic mass is 9.58. The van der Waals surface area contributed by atoms with Crippen LogP contribution in [0.5, 0.6) is 5.75 Å². The molecule has 11 heteroatoms. The normalized spacial score (nSPS) is 29.0. The summed E-state index contributed by atoms with van der Waals surface area (Å²) >= 11 is 0. The van der Waals surface area contributed by atoms with E-state index < -0.39 is 58.0 Å². The second kappa shape index (κ2) is 10.6. The monoisotopic (exact) mass is 596 g/mol. The van der Waals surface area contributed by atoms with Crippen LogP contribution in [0.4, 0.5) is 5.69 Å². The number of likely N-dealkylation sites (N-methyl/N-ethyl adjacent to an activating group) is 1. The van der Waals surface area contributed by atoms with Crippen LogP contribution in [-0.2, 0) is 22.6 Å². The van der Waals surface area contributed by atoms with E-state index in [1.54, 1.807) is 19.0 Å². The van der Waals surface area contributed by atoms with Crippen LogP contribution < -0.4 is 10.6 Å². The lowest BCUT2D eigenvalue weighted by molar-refractivity contribution is -0.148. The first kappa shape index (κ1) is 31.0. The Hall–Kier alpha value is -3.41. The van der Waals surface area contributed by atoms with Crippen molar-refractivity contribution in [2.24, 2.45) is 23.0 Å². The largest absolute Gasteiger partial charge is 0.510 e. The molecule has 234 valence electrons. The van der Waals surface area contributed by atoms with Gasteiger partial charge in [-0.05, 0) is 75.8 Å². The summed E-state index contributed by atoms with van der Waals surface area (Å²) in [5.41, 5.74) is 4.15. The van der Waals surface area contributed by atoms with Gasteiger partial charge < -0.3 is 31.1 Å². The summed E-state index contributed by atoms with van der Waals surface area (Å²) in [6.45, 7) is 6.68. The number of nitrogens with two attached hydrogens (primary N) is 1. The molecule has 1 saturated heterocycles. The van der Waals surface area contributed by atoms with Crippen LogP contribution in [-0.4, -0.2) is 101 Å². The van der Waals surface area contributed by atoms with E-state index in [-0.39, 0.29) is 29.7 Å². The summed E-state index contributed by atoms with van der Waals surface area (Å²) in [6.07, 6.45) is 3.50. The van der Waals surface area contributed by atoms with E-state index in [0.717, 1.165) is 38.0 Å². The molecule has 0 spiro atoms. The number of piperidine rings is 1. The molecule has 1 aliphatic heterocycles. The molecule has 4 atom stereocenters. The van der Waals surface area contributed by atoms with Crippen molar-refractivity contribution < 1.29 is 34.8 Å². The predicted molar refractivity (Wildman–Crippen MR) is 161 cm³/mol. The van der Waals surface area contributed by atoms with E-state index in [9.17, 15) is 34.8 Å². The van der Waals surface area contributed by atoms with Gasteiger partial charge in [0.15, 0.2) is 11.4 Å². The smallest absolute Gasteiger partial charge is 0.255 e. The SMILES string of the molecule is CCC1(C)CCN(Cc2cc(N(C)C)c3c(c2O)C(=O)C2=C(O)[C@]4(O)C(=O)C(C(N)=O)=C(O)[C@@H](N(C)C)[C@@H]4C[C@@H]2C3)CC1. The third kappa shape index (κ3) is 4.63. The molecule has 6 N–H and O–H groups in total. The van der Waals surface area contributed by atoms with Gasteiger partial charge in [0.05, 0.1) is 11.6 Å². The van der Waals surface area contributed by atoms with Crippen molar-refractivity contribution in [3.8, 4) is 5.75 Å². The number of fused-ring (bicyclic) bond motifs is 3. The molecule has 1 amide bonds. The van der Waals surface area contributed by atoms with Gasteiger partial charge in [0.1, 0.15) is 22.8 Å². The number of phenols is 1. The minimum absolute atomic E-state index is 0.0531. The topological polar surface area (TPSA) is 168 Å². The molecule has 0 aromatic heterocycles. The number of aliphatic hydroxyl groups excluding tert-OH is 2. The standard InChI is InChI=1S/C32H44N4O7/c1-7-31(2)8-10-36(11-9-31)15-17-14-20(34(3)4)18-12-16-13-19-24(35(5)6)27(39)23(30(33)42)29(41)32(19,43)28(40)21(16)26(38)22(18)25(17)37/h14,16,19,24,37,39-40,43H,7-13,15H2,1-6H3,(H2,33,42)/t16-,19-,24-,32-/m0/s1. The van der Waals surface area contributed by atoms with Crippen LogP contribution >= 0.6 is 0 Å². The number of likely N-dealkylation sites (tertiary alicyclic amines) is 1. The number of nitrogens with zero attached hydrogens (tertiary/aromatic N) is 3. The number of ketones is 2. The Morgan fingerprint density at radius 2 is 1.74 bits per heavy atom. The Morgan fingerprint density at radius 3 is 2.28 bits per heavy atom. The Labute approximate surface area is 252 Å². The number of anilines is 1. The Kier molecular flexibility index (Phi) is 7.68. The number of aliphatic hydroxyl groups is 3. The number of rotatable bonds is 6. The van der Waals surface area contributed by atoms with Crippen LogP contribution in [0.3, 0.4) is 0 Å². The van der Waals surface area contributed by atoms with E-state index in [1.807, 2.05) is 25.1 Å². The molecular weight excluding hydrogens is 552 g/mol. The number of hydrogen-bond donors (Lipinski definition) is 5.